The Morgan fingerprint density at radius 2 is 2.09 bits per heavy atom. The van der Waals surface area contributed by atoms with Crippen molar-refractivity contribution in [1.29, 1.82) is 0 Å². The maximum Gasteiger partial charge on any atom is 0.308 e. The summed E-state index contributed by atoms with van der Waals surface area (Å²) in [5, 5.41) is 3.82. The highest BCUT2D eigenvalue weighted by molar-refractivity contribution is 5.92. The number of nitrogens with zero attached hydrogens (tertiary/aromatic N) is 1. The maximum absolute atomic E-state index is 11.6. The van der Waals surface area contributed by atoms with Gasteiger partial charge in [0.05, 0.1) is 19.6 Å². The Hall–Kier alpha value is -3.09. The van der Waals surface area contributed by atoms with E-state index in [2.05, 4.69) is 10.5 Å². The second-order valence-corrected chi connectivity index (χ2v) is 4.18. The Balaban J connectivity index is 2.05. The Labute approximate surface area is 126 Å². The number of furan rings is 1. The van der Waals surface area contributed by atoms with Crippen molar-refractivity contribution in [2.75, 3.05) is 7.11 Å². The first-order chi connectivity index (χ1) is 10.6. The Morgan fingerprint density at radius 1 is 1.27 bits per heavy atom. The summed E-state index contributed by atoms with van der Waals surface area (Å²) in [6.07, 6.45) is 2.83. The van der Waals surface area contributed by atoms with Crippen LogP contribution in [0.2, 0.25) is 0 Å². The van der Waals surface area contributed by atoms with Crippen molar-refractivity contribution >= 4 is 18.1 Å². The fourth-order valence-electron chi connectivity index (χ4n) is 1.63. The standard InChI is InChI=1S/C15H14N2O5/c1-10(18)22-12-6-5-11(8-14(12)20-2)9-16-17-15(19)13-4-3-7-21-13/h3-9H,1-2H3,(H,17,19)/b16-9+. The number of hydrogen-bond donors (Lipinski definition) is 1. The van der Waals surface area contributed by atoms with Crippen LogP contribution in [-0.4, -0.2) is 25.2 Å². The van der Waals surface area contributed by atoms with Gasteiger partial charge in [0.2, 0.25) is 0 Å². The fraction of sp³-hybridized carbons (Fsp3) is 0.133. The highest BCUT2D eigenvalue weighted by Crippen LogP contribution is 2.27. The lowest BCUT2D eigenvalue weighted by molar-refractivity contribution is -0.132. The number of amides is 1. The van der Waals surface area contributed by atoms with Crippen LogP contribution in [0.15, 0.2) is 46.1 Å². The molecule has 0 aliphatic carbocycles. The zero-order valence-corrected chi connectivity index (χ0v) is 12.0. The molecule has 1 aromatic carbocycles. The minimum absolute atomic E-state index is 0.167. The molecule has 2 aromatic rings. The van der Waals surface area contributed by atoms with Crippen molar-refractivity contribution in [1.82, 2.24) is 5.43 Å². The summed E-state index contributed by atoms with van der Waals surface area (Å²) in [6.45, 7) is 1.30. The number of rotatable bonds is 5. The fourth-order valence-corrected chi connectivity index (χ4v) is 1.63. The van der Waals surface area contributed by atoms with Gasteiger partial charge in [0, 0.05) is 6.92 Å². The van der Waals surface area contributed by atoms with Crippen LogP contribution in [0.1, 0.15) is 23.0 Å². The van der Waals surface area contributed by atoms with Gasteiger partial charge in [-0.05, 0) is 35.9 Å². The molecule has 0 bridgehead atoms. The predicted octanol–water partition coefficient (Wildman–Crippen LogP) is 1.98. The number of nitrogens with one attached hydrogen (secondary N) is 1. The molecule has 0 unspecified atom stereocenters. The molecule has 0 saturated heterocycles. The van der Waals surface area contributed by atoms with E-state index in [9.17, 15) is 9.59 Å². The number of benzene rings is 1. The lowest BCUT2D eigenvalue weighted by Gasteiger charge is -2.08. The van der Waals surface area contributed by atoms with Gasteiger partial charge in [-0.25, -0.2) is 5.43 Å². The van der Waals surface area contributed by atoms with Crippen LogP contribution in [-0.2, 0) is 4.79 Å². The Bertz CT molecular complexity index is 692. The van der Waals surface area contributed by atoms with Crippen LogP contribution >= 0.6 is 0 Å². The summed E-state index contributed by atoms with van der Waals surface area (Å²) in [5.74, 6) is -0.0293. The van der Waals surface area contributed by atoms with E-state index in [4.69, 9.17) is 13.9 Å². The third kappa shape index (κ3) is 3.95. The van der Waals surface area contributed by atoms with Gasteiger partial charge in [0.1, 0.15) is 0 Å². The third-order valence-electron chi connectivity index (χ3n) is 2.57. The summed E-state index contributed by atoms with van der Waals surface area (Å²) >= 11 is 0. The number of ether oxygens (including phenoxy) is 2. The van der Waals surface area contributed by atoms with E-state index in [1.54, 1.807) is 24.3 Å². The molecule has 7 heteroatoms. The molecule has 22 heavy (non-hydrogen) atoms. The molecule has 2 rings (SSSR count). The van der Waals surface area contributed by atoms with Crippen molar-refractivity contribution in [3.8, 4) is 11.5 Å². The largest absolute Gasteiger partial charge is 0.493 e. The second kappa shape index (κ2) is 7.07. The zero-order chi connectivity index (χ0) is 15.9. The van der Waals surface area contributed by atoms with Gasteiger partial charge in [0.15, 0.2) is 17.3 Å². The number of carbonyl (C=O) groups excluding carboxylic acids is 2. The number of hydrogen-bond acceptors (Lipinski definition) is 6. The van der Waals surface area contributed by atoms with Gasteiger partial charge in [-0.3, -0.25) is 9.59 Å². The van der Waals surface area contributed by atoms with Crippen LogP contribution in [0.3, 0.4) is 0 Å². The second-order valence-electron chi connectivity index (χ2n) is 4.18. The normalized spacial score (nSPS) is 10.5. The van der Waals surface area contributed by atoms with E-state index in [1.807, 2.05) is 0 Å². The van der Waals surface area contributed by atoms with Crippen molar-refractivity contribution in [3.63, 3.8) is 0 Å². The van der Waals surface area contributed by atoms with E-state index in [-0.39, 0.29) is 5.76 Å². The smallest absolute Gasteiger partial charge is 0.308 e. The first-order valence-electron chi connectivity index (χ1n) is 6.33. The molecule has 0 atom stereocenters. The topological polar surface area (TPSA) is 90.1 Å². The lowest BCUT2D eigenvalue weighted by Crippen LogP contribution is -2.16. The molecule has 0 fully saturated rings. The molecule has 0 aliphatic heterocycles. The molecule has 7 nitrogen and oxygen atoms in total. The molecule has 1 heterocycles. The third-order valence-corrected chi connectivity index (χ3v) is 2.57. The van der Waals surface area contributed by atoms with Crippen molar-refractivity contribution in [2.45, 2.75) is 6.92 Å². The van der Waals surface area contributed by atoms with Crippen molar-refractivity contribution in [3.05, 3.63) is 47.9 Å². The number of methoxy groups -OCH3 is 1. The maximum atomic E-state index is 11.6. The summed E-state index contributed by atoms with van der Waals surface area (Å²) < 4.78 is 15.1. The summed E-state index contributed by atoms with van der Waals surface area (Å²) in [6, 6.07) is 8.01. The van der Waals surface area contributed by atoms with Crippen LogP contribution < -0.4 is 14.9 Å². The first kappa shape index (κ1) is 15.3. The SMILES string of the molecule is COc1cc(/C=N/NC(=O)c2ccco2)ccc1OC(C)=O. The van der Waals surface area contributed by atoms with E-state index in [0.29, 0.717) is 17.1 Å². The molecule has 0 spiro atoms. The van der Waals surface area contributed by atoms with Gasteiger partial charge in [-0.2, -0.15) is 5.10 Å². The van der Waals surface area contributed by atoms with E-state index >= 15 is 0 Å². The van der Waals surface area contributed by atoms with E-state index in [1.165, 1.54) is 32.6 Å². The average molecular weight is 302 g/mol. The molecular weight excluding hydrogens is 288 g/mol. The zero-order valence-electron chi connectivity index (χ0n) is 12.0. The summed E-state index contributed by atoms with van der Waals surface area (Å²) in [4.78, 5) is 22.6. The molecule has 114 valence electrons. The lowest BCUT2D eigenvalue weighted by atomic mass is 10.2. The highest BCUT2D eigenvalue weighted by Gasteiger charge is 2.08. The minimum Gasteiger partial charge on any atom is -0.493 e. The average Bonchev–Trinajstić information content (AvgIpc) is 3.02. The molecule has 1 amide bonds. The summed E-state index contributed by atoms with van der Waals surface area (Å²) in [5.41, 5.74) is 2.99. The molecule has 0 saturated carbocycles. The molecule has 0 aliphatic rings. The van der Waals surface area contributed by atoms with Crippen molar-refractivity contribution in [2.24, 2.45) is 5.10 Å². The van der Waals surface area contributed by atoms with E-state index < -0.39 is 11.9 Å². The predicted molar refractivity (Wildman–Crippen MR) is 78.1 cm³/mol. The van der Waals surface area contributed by atoms with Crippen LogP contribution in [0, 0.1) is 0 Å². The number of hydrazone groups is 1. The molecule has 1 N–H and O–H groups in total. The van der Waals surface area contributed by atoms with Crippen LogP contribution in [0.25, 0.3) is 0 Å². The summed E-state index contributed by atoms with van der Waals surface area (Å²) in [7, 11) is 1.46. The van der Waals surface area contributed by atoms with Crippen LogP contribution in [0.4, 0.5) is 0 Å². The highest BCUT2D eigenvalue weighted by atomic mass is 16.6. The van der Waals surface area contributed by atoms with Crippen LogP contribution in [0.5, 0.6) is 11.5 Å². The Morgan fingerprint density at radius 3 is 2.73 bits per heavy atom. The van der Waals surface area contributed by atoms with Gasteiger partial charge in [-0.15, -0.1) is 0 Å². The van der Waals surface area contributed by atoms with Gasteiger partial charge >= 0.3 is 11.9 Å². The monoisotopic (exact) mass is 302 g/mol. The van der Waals surface area contributed by atoms with E-state index in [0.717, 1.165) is 0 Å². The first-order valence-corrected chi connectivity index (χ1v) is 6.33. The number of esters is 1. The number of carbonyl (C=O) groups is 2. The van der Waals surface area contributed by atoms with Gasteiger partial charge in [0.25, 0.3) is 0 Å². The quantitative estimate of drug-likeness (QED) is 0.395. The molecule has 0 radical (unpaired) electrons. The van der Waals surface area contributed by atoms with Gasteiger partial charge in [-0.1, -0.05) is 0 Å². The minimum atomic E-state index is -0.454. The molecular formula is C15H14N2O5. The Kier molecular flexibility index (Phi) is 4.92. The van der Waals surface area contributed by atoms with Crippen molar-refractivity contribution < 1.29 is 23.5 Å². The molecule has 1 aromatic heterocycles. The van der Waals surface area contributed by atoms with Gasteiger partial charge < -0.3 is 13.9 Å².